The van der Waals surface area contributed by atoms with E-state index in [1.165, 1.54) is 0 Å². The predicted molar refractivity (Wildman–Crippen MR) is 55.0 cm³/mol. The van der Waals surface area contributed by atoms with Crippen molar-refractivity contribution in [3.8, 4) is 0 Å². The summed E-state index contributed by atoms with van der Waals surface area (Å²) in [6.45, 7) is 3.51. The molecule has 0 radical (unpaired) electrons. The van der Waals surface area contributed by atoms with Crippen molar-refractivity contribution < 1.29 is 9.90 Å². The van der Waals surface area contributed by atoms with Crippen molar-refractivity contribution in [3.63, 3.8) is 0 Å². The number of rotatable bonds is 2. The maximum atomic E-state index is 10.7. The van der Waals surface area contributed by atoms with E-state index < -0.39 is 5.97 Å². The summed E-state index contributed by atoms with van der Waals surface area (Å²) < 4.78 is 0. The molecule has 3 nitrogen and oxygen atoms in total. The van der Waals surface area contributed by atoms with Gasteiger partial charge in [0, 0.05) is 11.7 Å². The Kier molecular flexibility index (Phi) is 1.85. The first-order valence-corrected chi connectivity index (χ1v) is 4.18. The topological polar surface area (TPSA) is 53.1 Å². The van der Waals surface area contributed by atoms with Crippen LogP contribution in [0.3, 0.4) is 0 Å². The van der Waals surface area contributed by atoms with Crippen molar-refractivity contribution in [2.75, 3.05) is 0 Å². The van der Waals surface area contributed by atoms with Crippen molar-refractivity contribution in [3.05, 3.63) is 42.6 Å². The van der Waals surface area contributed by atoms with Crippen molar-refractivity contribution >= 4 is 22.4 Å². The molecule has 0 unspecified atom stereocenters. The number of H-pyrrole nitrogens is 1. The average molecular weight is 187 g/mol. The Morgan fingerprint density at radius 2 is 2.14 bits per heavy atom. The zero-order valence-corrected chi connectivity index (χ0v) is 7.45. The number of benzene rings is 1. The van der Waals surface area contributed by atoms with Crippen LogP contribution in [0.1, 0.15) is 5.56 Å². The first-order valence-electron chi connectivity index (χ1n) is 4.18. The molecule has 70 valence electrons. The second-order valence-corrected chi connectivity index (χ2v) is 3.06. The van der Waals surface area contributed by atoms with Crippen molar-refractivity contribution in [2.24, 2.45) is 0 Å². The molecule has 0 aliphatic carbocycles. The highest BCUT2D eigenvalue weighted by Gasteiger charge is 2.07. The fraction of sp³-hybridized carbons (Fsp3) is 0. The number of fused-ring (bicyclic) bond motifs is 1. The number of nitrogens with one attached hydrogen (secondary N) is 1. The van der Waals surface area contributed by atoms with Crippen LogP contribution in [0, 0.1) is 0 Å². The zero-order chi connectivity index (χ0) is 10.1. The van der Waals surface area contributed by atoms with Crippen LogP contribution in [-0.2, 0) is 4.79 Å². The molecule has 0 fully saturated rings. The Balaban J connectivity index is 2.54. The minimum Gasteiger partial charge on any atom is -0.478 e. The molecule has 0 spiro atoms. The number of hydrogen-bond acceptors (Lipinski definition) is 1. The average Bonchev–Trinajstić information content (AvgIpc) is 2.62. The molecule has 14 heavy (non-hydrogen) atoms. The number of aliphatic carboxylic acids is 1. The molecule has 0 aliphatic rings. The van der Waals surface area contributed by atoms with Gasteiger partial charge >= 0.3 is 5.97 Å². The number of aromatic amines is 1. The van der Waals surface area contributed by atoms with Gasteiger partial charge in [0.25, 0.3) is 0 Å². The minimum absolute atomic E-state index is 0.119. The van der Waals surface area contributed by atoms with Gasteiger partial charge < -0.3 is 10.1 Å². The first kappa shape index (κ1) is 8.56. The Morgan fingerprint density at radius 1 is 1.36 bits per heavy atom. The van der Waals surface area contributed by atoms with Crippen LogP contribution in [-0.4, -0.2) is 16.1 Å². The van der Waals surface area contributed by atoms with E-state index in [9.17, 15) is 4.79 Å². The van der Waals surface area contributed by atoms with Crippen LogP contribution >= 0.6 is 0 Å². The molecule has 2 N–H and O–H groups in total. The molecule has 0 saturated heterocycles. The summed E-state index contributed by atoms with van der Waals surface area (Å²) in [5.74, 6) is -0.986. The maximum Gasteiger partial charge on any atom is 0.335 e. The van der Waals surface area contributed by atoms with Gasteiger partial charge in [0.2, 0.25) is 0 Å². The Bertz CT molecular complexity index is 511. The fourth-order valence-corrected chi connectivity index (χ4v) is 1.36. The smallest absolute Gasteiger partial charge is 0.335 e. The highest BCUT2D eigenvalue weighted by Crippen LogP contribution is 2.19. The first-order chi connectivity index (χ1) is 6.68. The zero-order valence-electron chi connectivity index (χ0n) is 7.45. The lowest BCUT2D eigenvalue weighted by Crippen LogP contribution is -1.97. The maximum absolute atomic E-state index is 10.7. The molecule has 0 atom stereocenters. The summed E-state index contributed by atoms with van der Waals surface area (Å²) >= 11 is 0. The molecule has 1 aromatic heterocycles. The lowest BCUT2D eigenvalue weighted by atomic mass is 10.1. The number of carbonyl (C=O) groups is 1. The van der Waals surface area contributed by atoms with Crippen LogP contribution in [0.25, 0.3) is 16.5 Å². The van der Waals surface area contributed by atoms with E-state index in [-0.39, 0.29) is 5.57 Å². The monoisotopic (exact) mass is 187 g/mol. The molecule has 0 saturated carbocycles. The SMILES string of the molecule is C=C(C(=O)O)c1ccc2[nH]ccc2c1. The predicted octanol–water partition coefficient (Wildman–Crippen LogP) is 2.27. The van der Waals surface area contributed by atoms with Gasteiger partial charge in [-0.3, -0.25) is 0 Å². The summed E-state index contributed by atoms with van der Waals surface area (Å²) in [5.41, 5.74) is 1.75. The summed E-state index contributed by atoms with van der Waals surface area (Å²) in [6, 6.07) is 7.30. The number of hydrogen-bond donors (Lipinski definition) is 2. The van der Waals surface area contributed by atoms with Crippen molar-refractivity contribution in [1.82, 2.24) is 4.98 Å². The molecule has 0 aliphatic heterocycles. The van der Waals surface area contributed by atoms with Gasteiger partial charge in [-0.2, -0.15) is 0 Å². The van der Waals surface area contributed by atoms with Crippen molar-refractivity contribution in [2.45, 2.75) is 0 Å². The number of carboxylic acids is 1. The van der Waals surface area contributed by atoms with E-state index in [4.69, 9.17) is 5.11 Å². The molecule has 1 aromatic carbocycles. The second kappa shape index (κ2) is 3.03. The molecule has 2 rings (SSSR count). The Morgan fingerprint density at radius 3 is 2.86 bits per heavy atom. The second-order valence-electron chi connectivity index (χ2n) is 3.06. The molecular weight excluding hydrogens is 178 g/mol. The molecular formula is C11H9NO2. The summed E-state index contributed by atoms with van der Waals surface area (Å²) in [5, 5.41) is 9.74. The lowest BCUT2D eigenvalue weighted by molar-refractivity contribution is -0.130. The summed E-state index contributed by atoms with van der Waals surface area (Å²) in [7, 11) is 0. The number of aromatic nitrogens is 1. The van der Waals surface area contributed by atoms with E-state index in [0.29, 0.717) is 5.56 Å². The van der Waals surface area contributed by atoms with Gasteiger partial charge in [0.1, 0.15) is 0 Å². The Hall–Kier alpha value is -2.03. The summed E-state index contributed by atoms with van der Waals surface area (Å²) in [6.07, 6.45) is 1.82. The largest absolute Gasteiger partial charge is 0.478 e. The van der Waals surface area contributed by atoms with Crippen molar-refractivity contribution in [1.29, 1.82) is 0 Å². The highest BCUT2D eigenvalue weighted by atomic mass is 16.4. The van der Waals surface area contributed by atoms with E-state index >= 15 is 0 Å². The van der Waals surface area contributed by atoms with Gasteiger partial charge in [-0.1, -0.05) is 12.6 Å². The molecule has 3 heteroatoms. The third kappa shape index (κ3) is 1.29. The van der Waals surface area contributed by atoms with Crippen LogP contribution in [0.15, 0.2) is 37.0 Å². The van der Waals surface area contributed by atoms with Crippen LogP contribution in [0.5, 0.6) is 0 Å². The van der Waals surface area contributed by atoms with Gasteiger partial charge in [0.05, 0.1) is 5.57 Å². The van der Waals surface area contributed by atoms with Crippen LogP contribution < -0.4 is 0 Å². The van der Waals surface area contributed by atoms with Crippen LogP contribution in [0.2, 0.25) is 0 Å². The standard InChI is InChI=1S/C11H9NO2/c1-7(11(13)14)8-2-3-10-9(6-8)4-5-12-10/h2-6,12H,1H2,(H,13,14). The van der Waals surface area contributed by atoms with Gasteiger partial charge in [0.15, 0.2) is 0 Å². The fourth-order valence-electron chi connectivity index (χ4n) is 1.36. The van der Waals surface area contributed by atoms with E-state index in [0.717, 1.165) is 10.9 Å². The van der Waals surface area contributed by atoms with Crippen LogP contribution in [0.4, 0.5) is 0 Å². The minimum atomic E-state index is -0.986. The van der Waals surface area contributed by atoms with E-state index in [1.807, 2.05) is 24.4 Å². The molecule has 2 aromatic rings. The number of carboxylic acid groups (broad SMARTS) is 1. The summed E-state index contributed by atoms with van der Waals surface area (Å²) in [4.78, 5) is 13.7. The van der Waals surface area contributed by atoms with E-state index in [2.05, 4.69) is 11.6 Å². The van der Waals surface area contributed by atoms with Gasteiger partial charge in [-0.15, -0.1) is 0 Å². The highest BCUT2D eigenvalue weighted by molar-refractivity contribution is 6.15. The Labute approximate surface area is 80.7 Å². The van der Waals surface area contributed by atoms with Gasteiger partial charge in [-0.25, -0.2) is 4.79 Å². The van der Waals surface area contributed by atoms with Gasteiger partial charge in [-0.05, 0) is 29.1 Å². The normalized spacial score (nSPS) is 10.3. The lowest BCUT2D eigenvalue weighted by Gasteiger charge is -2.00. The molecule has 0 bridgehead atoms. The molecule has 1 heterocycles. The third-order valence-electron chi connectivity index (χ3n) is 2.16. The molecule has 0 amide bonds. The third-order valence-corrected chi connectivity index (χ3v) is 2.16. The quantitative estimate of drug-likeness (QED) is 0.708. The van der Waals surface area contributed by atoms with E-state index in [1.54, 1.807) is 6.07 Å².